The van der Waals surface area contributed by atoms with E-state index in [4.69, 9.17) is 10.3 Å². The van der Waals surface area contributed by atoms with Crippen LogP contribution in [0, 0.1) is 5.92 Å². The van der Waals surface area contributed by atoms with Crippen LogP contribution in [0.3, 0.4) is 0 Å². The molecule has 0 radical (unpaired) electrons. The van der Waals surface area contributed by atoms with Gasteiger partial charge in [-0.1, -0.05) is 42.4 Å². The first-order valence-corrected chi connectivity index (χ1v) is 6.20. The van der Waals surface area contributed by atoms with Gasteiger partial charge in [-0.3, -0.25) is 0 Å². The lowest BCUT2D eigenvalue weighted by Crippen LogP contribution is -2.29. The van der Waals surface area contributed by atoms with Crippen molar-refractivity contribution in [3.8, 4) is 0 Å². The van der Waals surface area contributed by atoms with Crippen LogP contribution in [-0.2, 0) is 11.3 Å². The monoisotopic (exact) mass is 260 g/mol. The van der Waals surface area contributed by atoms with Crippen LogP contribution in [0.4, 0.5) is 4.79 Å². The number of rotatable bonds is 3. The normalized spacial score (nSPS) is 21.8. The van der Waals surface area contributed by atoms with Gasteiger partial charge in [0.2, 0.25) is 0 Å². The van der Waals surface area contributed by atoms with Gasteiger partial charge in [0.05, 0.1) is 6.04 Å². The van der Waals surface area contributed by atoms with Crippen molar-refractivity contribution in [2.45, 2.75) is 19.6 Å². The second-order valence-electron chi connectivity index (χ2n) is 4.69. The Morgan fingerprint density at radius 3 is 2.89 bits per heavy atom. The second-order valence-corrected chi connectivity index (χ2v) is 4.69. The van der Waals surface area contributed by atoms with Crippen LogP contribution in [-0.4, -0.2) is 30.1 Å². The van der Waals surface area contributed by atoms with Gasteiger partial charge in [-0.05, 0) is 17.0 Å². The Kier molecular flexibility index (Phi) is 4.26. The molecule has 1 aliphatic heterocycles. The molecule has 1 saturated heterocycles. The topological polar surface area (TPSA) is 78.3 Å². The Hall–Kier alpha value is -2.20. The zero-order valence-corrected chi connectivity index (χ0v) is 10.8. The minimum atomic E-state index is -0.355. The Morgan fingerprint density at radius 2 is 2.21 bits per heavy atom. The number of nitrogens with zero attached hydrogens (tertiary/aromatic N) is 4. The fourth-order valence-electron chi connectivity index (χ4n) is 2.13. The number of likely N-dealkylation sites (tertiary alicyclic amines) is 1. The van der Waals surface area contributed by atoms with Crippen LogP contribution in [0.2, 0.25) is 0 Å². The highest BCUT2D eigenvalue weighted by atomic mass is 16.6. The lowest BCUT2D eigenvalue weighted by Gasteiger charge is -2.15. The Morgan fingerprint density at radius 1 is 1.47 bits per heavy atom. The first-order chi connectivity index (χ1) is 9.20. The van der Waals surface area contributed by atoms with Gasteiger partial charge in [0, 0.05) is 18.0 Å². The molecule has 1 amide bonds. The largest absolute Gasteiger partial charge is 0.445 e. The minimum Gasteiger partial charge on any atom is -0.445 e. The van der Waals surface area contributed by atoms with Crippen LogP contribution < -0.4 is 0 Å². The molecule has 6 nitrogen and oxygen atoms in total. The molecule has 1 heterocycles. The Bertz CT molecular complexity index is 485. The molecule has 2 atom stereocenters. The molecule has 1 fully saturated rings. The van der Waals surface area contributed by atoms with Gasteiger partial charge in [-0.25, -0.2) is 4.79 Å². The summed E-state index contributed by atoms with van der Waals surface area (Å²) in [4.78, 5) is 16.3. The summed E-state index contributed by atoms with van der Waals surface area (Å²) in [5.74, 6) is 0.167. The molecule has 0 aromatic heterocycles. The highest BCUT2D eigenvalue weighted by Gasteiger charge is 2.32. The van der Waals surface area contributed by atoms with E-state index in [9.17, 15) is 4.79 Å². The van der Waals surface area contributed by atoms with Crippen LogP contribution in [0.15, 0.2) is 35.4 Å². The van der Waals surface area contributed by atoms with Crippen molar-refractivity contribution in [1.82, 2.24) is 4.90 Å². The molecule has 0 bridgehead atoms. The van der Waals surface area contributed by atoms with Gasteiger partial charge in [0.1, 0.15) is 6.61 Å². The molecule has 1 aromatic carbocycles. The first kappa shape index (κ1) is 13.2. The quantitative estimate of drug-likeness (QED) is 0.476. The molecule has 100 valence electrons. The van der Waals surface area contributed by atoms with E-state index < -0.39 is 0 Å². The average molecular weight is 260 g/mol. The summed E-state index contributed by atoms with van der Waals surface area (Å²) < 4.78 is 5.24. The summed E-state index contributed by atoms with van der Waals surface area (Å²) in [6.07, 6.45) is -0.355. The van der Waals surface area contributed by atoms with E-state index in [-0.39, 0.29) is 24.7 Å². The second kappa shape index (κ2) is 6.11. The number of benzene rings is 1. The first-order valence-electron chi connectivity index (χ1n) is 6.20. The highest BCUT2D eigenvalue weighted by molar-refractivity contribution is 5.68. The standard InChI is InChI=1S/C13H16N4O2/c1-10-7-17(8-12(10)15-16-14)13(18)19-9-11-5-3-2-4-6-11/h2-6,10,12H,7-9H2,1H3/t10-,12-/m1/s1. The fourth-order valence-corrected chi connectivity index (χ4v) is 2.13. The van der Waals surface area contributed by atoms with Crippen LogP contribution in [0.1, 0.15) is 12.5 Å². The van der Waals surface area contributed by atoms with E-state index in [0.717, 1.165) is 5.56 Å². The number of hydrogen-bond acceptors (Lipinski definition) is 3. The summed E-state index contributed by atoms with van der Waals surface area (Å²) in [6, 6.07) is 9.37. The van der Waals surface area contributed by atoms with E-state index in [1.54, 1.807) is 4.90 Å². The summed E-state index contributed by atoms with van der Waals surface area (Å²) in [5, 5.41) is 3.69. The van der Waals surface area contributed by atoms with Crippen molar-refractivity contribution in [3.05, 3.63) is 46.3 Å². The number of amides is 1. The van der Waals surface area contributed by atoms with E-state index in [0.29, 0.717) is 13.1 Å². The van der Waals surface area contributed by atoms with E-state index >= 15 is 0 Å². The van der Waals surface area contributed by atoms with Crippen molar-refractivity contribution in [2.24, 2.45) is 11.0 Å². The fraction of sp³-hybridized carbons (Fsp3) is 0.462. The third-order valence-electron chi connectivity index (χ3n) is 3.24. The molecule has 1 aromatic rings. The maximum absolute atomic E-state index is 11.9. The number of hydrogen-bond donors (Lipinski definition) is 0. The molecule has 0 unspecified atom stereocenters. The molecule has 19 heavy (non-hydrogen) atoms. The molecule has 2 rings (SSSR count). The van der Waals surface area contributed by atoms with Crippen molar-refractivity contribution < 1.29 is 9.53 Å². The van der Waals surface area contributed by atoms with Gasteiger partial charge in [0.15, 0.2) is 0 Å². The zero-order chi connectivity index (χ0) is 13.7. The van der Waals surface area contributed by atoms with Crippen LogP contribution in [0.5, 0.6) is 0 Å². The summed E-state index contributed by atoms with van der Waals surface area (Å²) in [6.45, 7) is 3.22. The summed E-state index contributed by atoms with van der Waals surface area (Å²) in [7, 11) is 0. The highest BCUT2D eigenvalue weighted by Crippen LogP contribution is 2.20. The van der Waals surface area contributed by atoms with Crippen molar-refractivity contribution in [3.63, 3.8) is 0 Å². The van der Waals surface area contributed by atoms with Crippen LogP contribution in [0.25, 0.3) is 10.4 Å². The zero-order valence-electron chi connectivity index (χ0n) is 10.8. The molecular weight excluding hydrogens is 244 g/mol. The number of carbonyl (C=O) groups excluding carboxylic acids is 1. The summed E-state index contributed by atoms with van der Waals surface area (Å²) in [5.41, 5.74) is 9.40. The van der Waals surface area contributed by atoms with E-state index in [1.807, 2.05) is 37.3 Å². The van der Waals surface area contributed by atoms with E-state index in [2.05, 4.69) is 10.0 Å². The molecule has 0 saturated carbocycles. The molecule has 6 heteroatoms. The third kappa shape index (κ3) is 3.39. The Balaban J connectivity index is 1.86. The average Bonchev–Trinajstić information content (AvgIpc) is 2.79. The van der Waals surface area contributed by atoms with Gasteiger partial charge in [0.25, 0.3) is 0 Å². The maximum Gasteiger partial charge on any atom is 0.410 e. The van der Waals surface area contributed by atoms with Crippen molar-refractivity contribution in [2.75, 3.05) is 13.1 Å². The van der Waals surface area contributed by atoms with Gasteiger partial charge < -0.3 is 9.64 Å². The van der Waals surface area contributed by atoms with Crippen LogP contribution >= 0.6 is 0 Å². The molecule has 1 aliphatic rings. The number of azide groups is 1. The van der Waals surface area contributed by atoms with E-state index in [1.165, 1.54) is 0 Å². The van der Waals surface area contributed by atoms with Gasteiger partial charge in [-0.2, -0.15) is 0 Å². The predicted octanol–water partition coefficient (Wildman–Crippen LogP) is 2.95. The molecule has 0 N–H and O–H groups in total. The summed E-state index contributed by atoms with van der Waals surface area (Å²) >= 11 is 0. The molecule has 0 aliphatic carbocycles. The number of ether oxygens (including phenoxy) is 1. The van der Waals surface area contributed by atoms with Crippen molar-refractivity contribution >= 4 is 6.09 Å². The minimum absolute atomic E-state index is 0.158. The molecule has 0 spiro atoms. The van der Waals surface area contributed by atoms with Gasteiger partial charge >= 0.3 is 6.09 Å². The maximum atomic E-state index is 11.9. The predicted molar refractivity (Wildman–Crippen MR) is 70.3 cm³/mol. The number of carbonyl (C=O) groups is 1. The third-order valence-corrected chi connectivity index (χ3v) is 3.24. The lowest BCUT2D eigenvalue weighted by molar-refractivity contribution is 0.103. The Labute approximate surface area is 111 Å². The smallest absolute Gasteiger partial charge is 0.410 e. The molecular formula is C13H16N4O2. The SMILES string of the molecule is C[C@@H]1CN(C(=O)OCc2ccccc2)C[C@H]1N=[N+]=[N-]. The lowest BCUT2D eigenvalue weighted by atomic mass is 10.1. The van der Waals surface area contributed by atoms with Gasteiger partial charge in [-0.15, -0.1) is 0 Å². The van der Waals surface area contributed by atoms with Crippen molar-refractivity contribution in [1.29, 1.82) is 0 Å².